The molecule has 0 spiro atoms. The number of benzene rings is 1. The summed E-state index contributed by atoms with van der Waals surface area (Å²) >= 11 is 5.74. The summed E-state index contributed by atoms with van der Waals surface area (Å²) in [6, 6.07) is 11.6. The van der Waals surface area contributed by atoms with Crippen molar-refractivity contribution in [3.05, 3.63) is 47.7 Å². The van der Waals surface area contributed by atoms with Crippen LogP contribution in [0.1, 0.15) is 0 Å². The summed E-state index contributed by atoms with van der Waals surface area (Å²) in [5, 5.41) is 0.486. The maximum Gasteiger partial charge on any atom is 0.140 e. The molecule has 0 saturated heterocycles. The Labute approximate surface area is 109 Å². The molecule has 0 unspecified atom stereocenters. The highest BCUT2D eigenvalue weighted by atomic mass is 35.5. The van der Waals surface area contributed by atoms with E-state index in [1.165, 1.54) is 0 Å². The molecule has 0 aliphatic rings. The lowest BCUT2D eigenvalue weighted by Gasteiger charge is -1.94. The van der Waals surface area contributed by atoms with Gasteiger partial charge in [-0.05, 0) is 24.3 Å². The number of aromatic amines is 1. The van der Waals surface area contributed by atoms with Gasteiger partial charge in [-0.3, -0.25) is 0 Å². The Morgan fingerprint density at radius 1 is 1.06 bits per heavy atom. The van der Waals surface area contributed by atoms with Gasteiger partial charge in [-0.15, -0.1) is 12.4 Å². The number of nitrogens with one attached hydrogen (secondary N) is 1. The summed E-state index contributed by atoms with van der Waals surface area (Å²) < 4.78 is 0. The van der Waals surface area contributed by atoms with E-state index in [1.807, 2.05) is 30.3 Å². The molecule has 1 aromatic carbocycles. The van der Waals surface area contributed by atoms with Crippen molar-refractivity contribution in [3.63, 3.8) is 0 Å². The second kappa shape index (κ2) is 4.73. The van der Waals surface area contributed by atoms with Crippen LogP contribution in [0.25, 0.3) is 22.4 Å². The van der Waals surface area contributed by atoms with E-state index >= 15 is 0 Å². The van der Waals surface area contributed by atoms with Gasteiger partial charge in [0.25, 0.3) is 0 Å². The second-order valence-corrected chi connectivity index (χ2v) is 3.86. The van der Waals surface area contributed by atoms with Crippen LogP contribution in [0.15, 0.2) is 42.6 Å². The minimum Gasteiger partial charge on any atom is -0.338 e. The molecule has 3 nitrogen and oxygen atoms in total. The van der Waals surface area contributed by atoms with Crippen LogP contribution in [0.3, 0.4) is 0 Å². The van der Waals surface area contributed by atoms with Gasteiger partial charge in [0.05, 0.1) is 11.0 Å². The smallest absolute Gasteiger partial charge is 0.140 e. The summed E-state index contributed by atoms with van der Waals surface area (Å²) in [6.07, 6.45) is 1.71. The standard InChI is InChI=1S/C12H8ClN3.ClH/c13-11-6-5-8(7-14-11)12-15-9-3-1-2-4-10(9)16-12;/h1-7H,(H,15,16);1H. The van der Waals surface area contributed by atoms with E-state index in [0.717, 1.165) is 22.4 Å². The van der Waals surface area contributed by atoms with Crippen LogP contribution in [0.4, 0.5) is 0 Å². The summed E-state index contributed by atoms with van der Waals surface area (Å²) in [5.74, 6) is 0.811. The number of H-pyrrole nitrogens is 1. The fourth-order valence-corrected chi connectivity index (χ4v) is 1.72. The molecule has 3 rings (SSSR count). The number of halogens is 2. The molecule has 0 bridgehead atoms. The lowest BCUT2D eigenvalue weighted by atomic mass is 10.3. The summed E-state index contributed by atoms with van der Waals surface area (Å²) in [4.78, 5) is 11.7. The van der Waals surface area contributed by atoms with Crippen LogP contribution in [-0.2, 0) is 0 Å². The fraction of sp³-hybridized carbons (Fsp3) is 0. The zero-order chi connectivity index (χ0) is 11.0. The third-order valence-corrected chi connectivity index (χ3v) is 2.61. The average Bonchev–Trinajstić information content (AvgIpc) is 2.73. The van der Waals surface area contributed by atoms with Gasteiger partial charge in [0, 0.05) is 11.8 Å². The first-order chi connectivity index (χ1) is 7.83. The number of para-hydroxylation sites is 2. The molecule has 0 amide bonds. The number of fused-ring (bicyclic) bond motifs is 1. The van der Waals surface area contributed by atoms with Gasteiger partial charge in [0.1, 0.15) is 11.0 Å². The number of rotatable bonds is 1. The highest BCUT2D eigenvalue weighted by Crippen LogP contribution is 2.20. The first-order valence-corrected chi connectivity index (χ1v) is 5.27. The minimum absolute atomic E-state index is 0. The molecule has 2 aromatic heterocycles. The monoisotopic (exact) mass is 265 g/mol. The van der Waals surface area contributed by atoms with E-state index in [9.17, 15) is 0 Å². The van der Waals surface area contributed by atoms with Gasteiger partial charge in [0.15, 0.2) is 0 Å². The van der Waals surface area contributed by atoms with Crippen molar-refractivity contribution in [2.45, 2.75) is 0 Å². The highest BCUT2D eigenvalue weighted by molar-refractivity contribution is 6.29. The number of pyridine rings is 1. The first-order valence-electron chi connectivity index (χ1n) is 4.89. The summed E-state index contributed by atoms with van der Waals surface area (Å²) in [7, 11) is 0. The van der Waals surface area contributed by atoms with Crippen LogP contribution in [0.2, 0.25) is 5.15 Å². The third kappa shape index (κ3) is 2.25. The van der Waals surface area contributed by atoms with Crippen molar-refractivity contribution in [1.82, 2.24) is 15.0 Å². The van der Waals surface area contributed by atoms with Crippen LogP contribution in [0.5, 0.6) is 0 Å². The average molecular weight is 266 g/mol. The molecule has 5 heteroatoms. The molecule has 86 valence electrons. The topological polar surface area (TPSA) is 41.6 Å². The largest absolute Gasteiger partial charge is 0.338 e. The van der Waals surface area contributed by atoms with Crippen molar-refractivity contribution < 1.29 is 0 Å². The molecule has 1 N–H and O–H groups in total. The van der Waals surface area contributed by atoms with Crippen LogP contribution < -0.4 is 0 Å². The molecule has 2 heterocycles. The Bertz CT molecular complexity index is 599. The molecular formula is C12H9Cl2N3. The van der Waals surface area contributed by atoms with Crippen LogP contribution >= 0.6 is 24.0 Å². The third-order valence-electron chi connectivity index (χ3n) is 2.39. The first kappa shape index (κ1) is 11.9. The molecule has 0 radical (unpaired) electrons. The van der Waals surface area contributed by atoms with E-state index in [0.29, 0.717) is 5.15 Å². The Balaban J connectivity index is 0.00000108. The second-order valence-electron chi connectivity index (χ2n) is 3.47. The van der Waals surface area contributed by atoms with Crippen molar-refractivity contribution >= 4 is 35.0 Å². The minimum atomic E-state index is 0. The molecule has 3 aromatic rings. The van der Waals surface area contributed by atoms with E-state index in [1.54, 1.807) is 12.3 Å². The van der Waals surface area contributed by atoms with Crippen LogP contribution in [0, 0.1) is 0 Å². The molecule has 0 aliphatic carbocycles. The van der Waals surface area contributed by atoms with E-state index < -0.39 is 0 Å². The molecule has 0 aliphatic heterocycles. The van der Waals surface area contributed by atoms with Crippen molar-refractivity contribution in [1.29, 1.82) is 0 Å². The van der Waals surface area contributed by atoms with E-state index in [-0.39, 0.29) is 12.4 Å². The number of imidazole rings is 1. The van der Waals surface area contributed by atoms with Crippen molar-refractivity contribution in [2.24, 2.45) is 0 Å². The van der Waals surface area contributed by atoms with Gasteiger partial charge in [-0.2, -0.15) is 0 Å². The van der Waals surface area contributed by atoms with E-state index in [4.69, 9.17) is 11.6 Å². The maximum absolute atomic E-state index is 5.74. The number of hydrogen-bond donors (Lipinski definition) is 1. The predicted octanol–water partition coefficient (Wildman–Crippen LogP) is 3.70. The Kier molecular flexibility index (Phi) is 3.31. The summed E-state index contributed by atoms with van der Waals surface area (Å²) in [6.45, 7) is 0. The zero-order valence-electron chi connectivity index (χ0n) is 8.72. The van der Waals surface area contributed by atoms with Gasteiger partial charge in [0.2, 0.25) is 0 Å². The SMILES string of the molecule is Cl.Clc1ccc(-c2nc3ccccc3[nH]2)cn1. The highest BCUT2D eigenvalue weighted by Gasteiger charge is 2.04. The van der Waals surface area contributed by atoms with Crippen molar-refractivity contribution in [3.8, 4) is 11.4 Å². The quantitative estimate of drug-likeness (QED) is 0.682. The fourth-order valence-electron chi connectivity index (χ4n) is 1.61. The Morgan fingerprint density at radius 3 is 2.59 bits per heavy atom. The lowest BCUT2D eigenvalue weighted by Crippen LogP contribution is -1.81. The van der Waals surface area contributed by atoms with Gasteiger partial charge in [-0.1, -0.05) is 23.7 Å². The molecule has 0 atom stereocenters. The Morgan fingerprint density at radius 2 is 1.88 bits per heavy atom. The molecule has 17 heavy (non-hydrogen) atoms. The van der Waals surface area contributed by atoms with Gasteiger partial charge >= 0.3 is 0 Å². The van der Waals surface area contributed by atoms with E-state index in [2.05, 4.69) is 15.0 Å². The predicted molar refractivity (Wildman–Crippen MR) is 71.6 cm³/mol. The van der Waals surface area contributed by atoms with Gasteiger partial charge in [-0.25, -0.2) is 9.97 Å². The lowest BCUT2D eigenvalue weighted by molar-refractivity contribution is 1.27. The maximum atomic E-state index is 5.74. The summed E-state index contributed by atoms with van der Waals surface area (Å²) in [5.41, 5.74) is 2.90. The van der Waals surface area contributed by atoms with Crippen LogP contribution in [-0.4, -0.2) is 15.0 Å². The molecule has 0 saturated carbocycles. The number of hydrogen-bond acceptors (Lipinski definition) is 2. The van der Waals surface area contributed by atoms with Gasteiger partial charge < -0.3 is 4.98 Å². The van der Waals surface area contributed by atoms with Crippen molar-refractivity contribution in [2.75, 3.05) is 0 Å². The Hall–Kier alpha value is -1.58. The number of aromatic nitrogens is 3. The number of nitrogens with zero attached hydrogens (tertiary/aromatic N) is 2. The normalized spacial score (nSPS) is 10.2. The molecular weight excluding hydrogens is 257 g/mol. The molecule has 0 fully saturated rings. The zero-order valence-corrected chi connectivity index (χ0v) is 10.3.